The largest absolute Gasteiger partial charge is 0.294 e. The molecule has 55 heavy (non-hydrogen) atoms. The molecule has 4 heterocycles. The molecule has 0 aliphatic carbocycles. The summed E-state index contributed by atoms with van der Waals surface area (Å²) in [5, 5.41) is 7.80. The number of rotatable bonds is 4. The highest BCUT2D eigenvalue weighted by Gasteiger charge is 2.55. The van der Waals surface area contributed by atoms with E-state index in [-0.39, 0.29) is 20.9 Å². The van der Waals surface area contributed by atoms with Crippen LogP contribution in [0.4, 0.5) is 0 Å². The van der Waals surface area contributed by atoms with Crippen LogP contribution in [0.15, 0.2) is 122 Å². The average Bonchev–Trinajstić information content (AvgIpc) is 3.62. The first-order valence-electron chi connectivity index (χ1n) is 19.8. The number of hydrogen-bond donors (Lipinski definition) is 0. The van der Waals surface area contributed by atoms with Gasteiger partial charge in [-0.25, -0.2) is 9.97 Å². The first-order chi connectivity index (χ1) is 25.8. The van der Waals surface area contributed by atoms with Crippen molar-refractivity contribution < 1.29 is 0 Å². The van der Waals surface area contributed by atoms with E-state index >= 15 is 0 Å². The van der Waals surface area contributed by atoms with Gasteiger partial charge in [-0.15, -0.1) is 0 Å². The van der Waals surface area contributed by atoms with Crippen LogP contribution in [0.2, 0.25) is 10.1 Å². The van der Waals surface area contributed by atoms with E-state index in [0.717, 1.165) is 11.6 Å². The van der Waals surface area contributed by atoms with E-state index < -0.39 is 8.07 Å². The summed E-state index contributed by atoms with van der Waals surface area (Å²) in [5.74, 6) is 1.93. The van der Waals surface area contributed by atoms with E-state index in [1.165, 1.54) is 65.1 Å². The van der Waals surface area contributed by atoms with Crippen molar-refractivity contribution in [2.75, 3.05) is 0 Å². The fourth-order valence-corrected chi connectivity index (χ4v) is 17.4. The van der Waals surface area contributed by atoms with Crippen LogP contribution >= 0.6 is 0 Å². The van der Waals surface area contributed by atoms with Crippen LogP contribution in [0.5, 0.6) is 0 Å². The maximum atomic E-state index is 5.02. The van der Waals surface area contributed by atoms with Crippen molar-refractivity contribution in [2.24, 2.45) is 0 Å². The molecule has 280 valence electrons. The molecule has 0 atom stereocenters. The molecule has 4 aromatic heterocycles. The number of fused-ring (bicyclic) bond motifs is 6. The predicted molar refractivity (Wildman–Crippen MR) is 239 cm³/mol. The quantitative estimate of drug-likeness (QED) is 0.168. The van der Waals surface area contributed by atoms with Gasteiger partial charge >= 0.3 is 0 Å². The highest BCUT2D eigenvalue weighted by atomic mass is 28.3. The molecule has 5 heteroatoms. The van der Waals surface area contributed by atoms with Gasteiger partial charge in [0, 0.05) is 33.9 Å². The van der Waals surface area contributed by atoms with E-state index in [4.69, 9.17) is 9.97 Å². The Morgan fingerprint density at radius 1 is 0.400 bits per heavy atom. The second kappa shape index (κ2) is 12.5. The summed E-state index contributed by atoms with van der Waals surface area (Å²) in [6.07, 6.45) is 3.95. The summed E-state index contributed by atoms with van der Waals surface area (Å²) in [7, 11) is -2.68. The lowest BCUT2D eigenvalue weighted by Crippen LogP contribution is -2.69. The van der Waals surface area contributed by atoms with Crippen LogP contribution in [0.3, 0.4) is 0 Å². The van der Waals surface area contributed by atoms with Gasteiger partial charge in [-0.3, -0.25) is 9.13 Å². The SMILES string of the molecule is CC(C)(C)c1ccnc(-n2c3ccccc3c3ccc([Si](c4ccc5c6ccccc6n(-c6cc(C(C)(C)C)ccn6)c5c4)(C(C)(C)C)C(C)(C)C)cc32)c1. The van der Waals surface area contributed by atoms with Gasteiger partial charge in [0.2, 0.25) is 0 Å². The minimum Gasteiger partial charge on any atom is -0.294 e. The van der Waals surface area contributed by atoms with Gasteiger partial charge in [0.15, 0.2) is 0 Å². The summed E-state index contributed by atoms with van der Waals surface area (Å²) >= 11 is 0. The van der Waals surface area contributed by atoms with Gasteiger partial charge in [0.25, 0.3) is 0 Å². The molecular weight excluding hydrogens is 685 g/mol. The molecule has 0 radical (unpaired) electrons. The molecule has 0 spiro atoms. The molecule has 0 bridgehead atoms. The van der Waals surface area contributed by atoms with Crippen molar-refractivity contribution >= 4 is 62.1 Å². The summed E-state index contributed by atoms with van der Waals surface area (Å²) < 4.78 is 4.81. The van der Waals surface area contributed by atoms with E-state index in [1.54, 1.807) is 0 Å². The molecular formula is C50H56N4Si. The van der Waals surface area contributed by atoms with Crippen LogP contribution in [0.1, 0.15) is 94.2 Å². The van der Waals surface area contributed by atoms with Crippen LogP contribution in [0.25, 0.3) is 55.2 Å². The molecule has 0 saturated carbocycles. The Bertz CT molecular complexity index is 2560. The van der Waals surface area contributed by atoms with Crippen LogP contribution < -0.4 is 10.4 Å². The molecule has 8 aromatic rings. The molecule has 0 N–H and O–H groups in total. The third-order valence-corrected chi connectivity index (χ3v) is 19.0. The number of nitrogens with zero attached hydrogens (tertiary/aromatic N) is 4. The summed E-state index contributed by atoms with van der Waals surface area (Å²) in [6.45, 7) is 28.5. The Morgan fingerprint density at radius 2 is 0.764 bits per heavy atom. The minimum atomic E-state index is -2.68. The standard InChI is InChI=1S/C50H56N4Si/c1-47(2,3)33-25-27-51-45(29-33)53-41-19-15-13-17-37(41)39-23-21-35(31-43(39)53)55(49(7,8)9,50(10,11)12)36-22-24-40-38-18-14-16-20-42(38)54(44(40)32-36)46-30-34(26-28-52-46)48(4,5)6/h13-32H,1-12H3. The predicted octanol–water partition coefficient (Wildman–Crippen LogP) is 12.4. The topological polar surface area (TPSA) is 35.6 Å². The molecule has 0 unspecified atom stereocenters. The summed E-state index contributed by atoms with van der Waals surface area (Å²) in [5.41, 5.74) is 7.35. The molecule has 4 nitrogen and oxygen atoms in total. The van der Waals surface area contributed by atoms with Crippen molar-refractivity contribution in [1.82, 2.24) is 19.1 Å². The van der Waals surface area contributed by atoms with Crippen molar-refractivity contribution in [3.8, 4) is 11.6 Å². The smallest absolute Gasteiger partial charge is 0.137 e. The number of aromatic nitrogens is 4. The number of hydrogen-bond acceptors (Lipinski definition) is 2. The van der Waals surface area contributed by atoms with Crippen LogP contribution in [-0.4, -0.2) is 27.2 Å². The van der Waals surface area contributed by atoms with Crippen molar-refractivity contribution in [3.05, 3.63) is 133 Å². The molecule has 0 aliphatic rings. The van der Waals surface area contributed by atoms with E-state index in [1.807, 2.05) is 12.4 Å². The van der Waals surface area contributed by atoms with Gasteiger partial charge in [0.05, 0.1) is 22.1 Å². The zero-order chi connectivity index (χ0) is 39.3. The van der Waals surface area contributed by atoms with Gasteiger partial charge in [-0.05, 0) is 80.6 Å². The molecule has 0 amide bonds. The minimum absolute atomic E-state index is 0.00679. The number of benzene rings is 4. The number of para-hydroxylation sites is 2. The van der Waals surface area contributed by atoms with E-state index in [9.17, 15) is 0 Å². The Kier molecular flexibility index (Phi) is 8.40. The van der Waals surface area contributed by atoms with Crippen LogP contribution in [-0.2, 0) is 10.8 Å². The second-order valence-electron chi connectivity index (χ2n) is 19.7. The third-order valence-electron chi connectivity index (χ3n) is 12.1. The average molecular weight is 741 g/mol. The molecule has 8 rings (SSSR count). The van der Waals surface area contributed by atoms with E-state index in [2.05, 4.69) is 201 Å². The fraction of sp³-hybridized carbons (Fsp3) is 0.320. The van der Waals surface area contributed by atoms with Gasteiger partial charge in [-0.1, -0.05) is 154 Å². The molecule has 4 aromatic carbocycles. The monoisotopic (exact) mass is 740 g/mol. The normalized spacial score (nSPS) is 13.5. The maximum Gasteiger partial charge on any atom is 0.137 e. The maximum absolute atomic E-state index is 5.02. The fourth-order valence-electron chi connectivity index (χ4n) is 9.94. The number of pyridine rings is 2. The van der Waals surface area contributed by atoms with Gasteiger partial charge < -0.3 is 0 Å². The van der Waals surface area contributed by atoms with Crippen molar-refractivity contribution in [2.45, 2.75) is 104 Å². The third kappa shape index (κ3) is 5.77. The van der Waals surface area contributed by atoms with E-state index in [0.29, 0.717) is 0 Å². The Morgan fingerprint density at radius 3 is 1.13 bits per heavy atom. The van der Waals surface area contributed by atoms with Crippen molar-refractivity contribution in [3.63, 3.8) is 0 Å². The lowest BCUT2D eigenvalue weighted by molar-refractivity contribution is 0.588. The zero-order valence-electron chi connectivity index (χ0n) is 34.8. The Balaban J connectivity index is 1.45. The Hall–Kier alpha value is -5.00. The summed E-state index contributed by atoms with van der Waals surface area (Å²) in [6, 6.07) is 41.3. The van der Waals surface area contributed by atoms with Gasteiger partial charge in [-0.2, -0.15) is 0 Å². The first kappa shape index (κ1) is 36.9. The molecule has 0 fully saturated rings. The lowest BCUT2D eigenvalue weighted by atomic mass is 9.88. The van der Waals surface area contributed by atoms with Crippen LogP contribution in [0, 0.1) is 0 Å². The lowest BCUT2D eigenvalue weighted by Gasteiger charge is -2.53. The highest BCUT2D eigenvalue weighted by molar-refractivity contribution is 7.06. The van der Waals surface area contributed by atoms with Gasteiger partial charge in [0.1, 0.15) is 19.7 Å². The Labute approximate surface area is 328 Å². The first-order valence-corrected chi connectivity index (χ1v) is 21.8. The summed E-state index contributed by atoms with van der Waals surface area (Å²) in [4.78, 5) is 10.0. The molecule has 0 saturated heterocycles. The molecule has 0 aliphatic heterocycles. The highest BCUT2D eigenvalue weighted by Crippen LogP contribution is 2.51. The van der Waals surface area contributed by atoms with Crippen molar-refractivity contribution in [1.29, 1.82) is 0 Å². The zero-order valence-corrected chi connectivity index (χ0v) is 35.8. The second-order valence-corrected chi connectivity index (χ2v) is 25.4.